The molecule has 1 saturated heterocycles. The van der Waals surface area contributed by atoms with Crippen molar-refractivity contribution in [3.8, 4) is 0 Å². The number of hydrogen-bond donors (Lipinski definition) is 1. The van der Waals surface area contributed by atoms with Crippen molar-refractivity contribution >= 4 is 0 Å². The highest BCUT2D eigenvalue weighted by Gasteiger charge is 2.29. The van der Waals surface area contributed by atoms with Crippen molar-refractivity contribution < 1.29 is 0 Å². The molecule has 2 N–H and O–H groups in total. The molecule has 0 spiro atoms. The van der Waals surface area contributed by atoms with E-state index in [4.69, 9.17) is 5.73 Å². The number of benzene rings is 1. The summed E-state index contributed by atoms with van der Waals surface area (Å²) in [5, 5.41) is 0. The molecule has 0 aliphatic carbocycles. The Bertz CT molecular complexity index is 310. The largest absolute Gasteiger partial charge is 0.329 e. The first-order valence-electron chi connectivity index (χ1n) is 6.29. The van der Waals surface area contributed by atoms with Crippen LogP contribution in [0.3, 0.4) is 0 Å². The predicted octanol–water partition coefficient (Wildman–Crippen LogP) is 1.90. The van der Waals surface area contributed by atoms with Gasteiger partial charge in [0.15, 0.2) is 0 Å². The van der Waals surface area contributed by atoms with Gasteiger partial charge >= 0.3 is 0 Å². The van der Waals surface area contributed by atoms with Gasteiger partial charge in [-0.05, 0) is 37.8 Å². The van der Waals surface area contributed by atoms with E-state index < -0.39 is 0 Å². The van der Waals surface area contributed by atoms with Crippen LogP contribution in [-0.4, -0.2) is 30.6 Å². The molecule has 2 unspecified atom stereocenters. The molecule has 1 aliphatic heterocycles. The maximum Gasteiger partial charge on any atom is 0.0108 e. The number of nitrogens with zero attached hydrogens (tertiary/aromatic N) is 1. The topological polar surface area (TPSA) is 29.3 Å². The zero-order valence-corrected chi connectivity index (χ0v) is 10.1. The molecule has 2 nitrogen and oxygen atoms in total. The van der Waals surface area contributed by atoms with Gasteiger partial charge in [0.1, 0.15) is 0 Å². The number of hydrogen-bond acceptors (Lipinski definition) is 2. The average molecular weight is 218 g/mol. The first-order valence-corrected chi connectivity index (χ1v) is 6.29. The van der Waals surface area contributed by atoms with Crippen LogP contribution in [0.1, 0.15) is 18.9 Å². The Morgan fingerprint density at radius 1 is 1.31 bits per heavy atom. The summed E-state index contributed by atoms with van der Waals surface area (Å²) in [6.07, 6.45) is 2.53. The first-order chi connectivity index (χ1) is 7.81. The molecule has 2 rings (SSSR count). The van der Waals surface area contributed by atoms with E-state index in [2.05, 4.69) is 42.2 Å². The molecule has 2 atom stereocenters. The lowest BCUT2D eigenvalue weighted by Gasteiger charge is -2.24. The van der Waals surface area contributed by atoms with Crippen molar-refractivity contribution in [1.29, 1.82) is 0 Å². The van der Waals surface area contributed by atoms with Crippen LogP contribution in [-0.2, 0) is 6.42 Å². The van der Waals surface area contributed by atoms with Gasteiger partial charge in [-0.2, -0.15) is 0 Å². The molecular weight excluding hydrogens is 196 g/mol. The van der Waals surface area contributed by atoms with Crippen LogP contribution in [0.25, 0.3) is 0 Å². The minimum absolute atomic E-state index is 0.684. The molecule has 1 aromatic carbocycles. The molecule has 0 aromatic heterocycles. The van der Waals surface area contributed by atoms with E-state index >= 15 is 0 Å². The zero-order valence-electron chi connectivity index (χ0n) is 10.1. The molecule has 1 heterocycles. The van der Waals surface area contributed by atoms with Crippen molar-refractivity contribution in [2.75, 3.05) is 19.6 Å². The predicted molar refractivity (Wildman–Crippen MR) is 68.3 cm³/mol. The van der Waals surface area contributed by atoms with E-state index in [9.17, 15) is 0 Å². The van der Waals surface area contributed by atoms with Gasteiger partial charge in [0.25, 0.3) is 0 Å². The van der Waals surface area contributed by atoms with Crippen LogP contribution >= 0.6 is 0 Å². The van der Waals surface area contributed by atoms with Crippen LogP contribution in [0, 0.1) is 5.92 Å². The molecule has 16 heavy (non-hydrogen) atoms. The van der Waals surface area contributed by atoms with E-state index in [0.29, 0.717) is 6.04 Å². The number of likely N-dealkylation sites (tertiary alicyclic amines) is 1. The third kappa shape index (κ3) is 2.63. The van der Waals surface area contributed by atoms with Crippen molar-refractivity contribution in [1.82, 2.24) is 4.90 Å². The standard InChI is InChI=1S/C14H22N2/c1-12-14(7-9-16(12)10-8-15)11-13-5-3-2-4-6-13/h2-6,12,14H,7-11,15H2,1H3. The van der Waals surface area contributed by atoms with E-state index in [1.165, 1.54) is 24.9 Å². The summed E-state index contributed by atoms with van der Waals surface area (Å²) in [6, 6.07) is 11.5. The first kappa shape index (κ1) is 11.6. The Labute approximate surface area is 98.4 Å². The molecule has 88 valence electrons. The fourth-order valence-corrected chi connectivity index (χ4v) is 2.75. The van der Waals surface area contributed by atoms with Gasteiger partial charge in [0, 0.05) is 19.1 Å². The summed E-state index contributed by atoms with van der Waals surface area (Å²) in [5.74, 6) is 0.800. The molecule has 1 aromatic rings. The second-order valence-electron chi connectivity index (χ2n) is 4.80. The van der Waals surface area contributed by atoms with Gasteiger partial charge in [-0.3, -0.25) is 4.90 Å². The van der Waals surface area contributed by atoms with Crippen molar-refractivity contribution in [2.24, 2.45) is 11.7 Å². The minimum atomic E-state index is 0.684. The highest BCUT2D eigenvalue weighted by molar-refractivity contribution is 5.16. The maximum absolute atomic E-state index is 5.63. The third-order valence-corrected chi connectivity index (χ3v) is 3.80. The highest BCUT2D eigenvalue weighted by atomic mass is 15.2. The van der Waals surface area contributed by atoms with Gasteiger partial charge in [0.05, 0.1) is 0 Å². The van der Waals surface area contributed by atoms with E-state index in [1.807, 2.05) is 0 Å². The Kier molecular flexibility index (Phi) is 3.97. The average Bonchev–Trinajstić information content (AvgIpc) is 2.64. The van der Waals surface area contributed by atoms with Gasteiger partial charge in [-0.15, -0.1) is 0 Å². The monoisotopic (exact) mass is 218 g/mol. The lowest BCUT2D eigenvalue weighted by atomic mass is 9.93. The zero-order chi connectivity index (χ0) is 11.4. The van der Waals surface area contributed by atoms with Crippen LogP contribution in [0.4, 0.5) is 0 Å². The van der Waals surface area contributed by atoms with Gasteiger partial charge < -0.3 is 5.73 Å². The van der Waals surface area contributed by atoms with Gasteiger partial charge in [-0.25, -0.2) is 0 Å². The Morgan fingerprint density at radius 2 is 2.06 bits per heavy atom. The second-order valence-corrected chi connectivity index (χ2v) is 4.80. The van der Waals surface area contributed by atoms with Gasteiger partial charge in [-0.1, -0.05) is 30.3 Å². The van der Waals surface area contributed by atoms with Crippen molar-refractivity contribution in [3.05, 3.63) is 35.9 Å². The third-order valence-electron chi connectivity index (χ3n) is 3.80. The molecule has 2 heteroatoms. The lowest BCUT2D eigenvalue weighted by Crippen LogP contribution is -2.34. The summed E-state index contributed by atoms with van der Waals surface area (Å²) in [5.41, 5.74) is 7.09. The van der Waals surface area contributed by atoms with E-state index in [0.717, 1.165) is 19.0 Å². The summed E-state index contributed by atoms with van der Waals surface area (Å²) in [6.45, 7) is 5.39. The van der Waals surface area contributed by atoms with Crippen molar-refractivity contribution in [3.63, 3.8) is 0 Å². The normalized spacial score (nSPS) is 26.1. The number of rotatable bonds is 4. The molecule has 1 fully saturated rings. The Balaban J connectivity index is 1.92. The fraction of sp³-hybridized carbons (Fsp3) is 0.571. The van der Waals surface area contributed by atoms with Crippen LogP contribution in [0.15, 0.2) is 30.3 Å². The lowest BCUT2D eigenvalue weighted by molar-refractivity contribution is 0.247. The minimum Gasteiger partial charge on any atom is -0.329 e. The SMILES string of the molecule is CC1C(Cc2ccccc2)CCN1CCN. The quantitative estimate of drug-likeness (QED) is 0.836. The van der Waals surface area contributed by atoms with Crippen LogP contribution in [0.2, 0.25) is 0 Å². The highest BCUT2D eigenvalue weighted by Crippen LogP contribution is 2.26. The summed E-state index contributed by atoms with van der Waals surface area (Å²) in [4.78, 5) is 2.52. The molecule has 0 amide bonds. The molecule has 1 aliphatic rings. The molecular formula is C14H22N2. The summed E-state index contributed by atoms with van der Waals surface area (Å²) >= 11 is 0. The van der Waals surface area contributed by atoms with Crippen molar-refractivity contribution in [2.45, 2.75) is 25.8 Å². The summed E-state index contributed by atoms with van der Waals surface area (Å²) < 4.78 is 0. The Morgan fingerprint density at radius 3 is 2.75 bits per heavy atom. The fourth-order valence-electron chi connectivity index (χ4n) is 2.75. The summed E-state index contributed by atoms with van der Waals surface area (Å²) in [7, 11) is 0. The van der Waals surface area contributed by atoms with Crippen LogP contribution in [0.5, 0.6) is 0 Å². The van der Waals surface area contributed by atoms with Gasteiger partial charge in [0.2, 0.25) is 0 Å². The molecule has 0 bridgehead atoms. The molecule has 0 radical (unpaired) electrons. The smallest absolute Gasteiger partial charge is 0.0108 e. The van der Waals surface area contributed by atoms with E-state index in [-0.39, 0.29) is 0 Å². The van der Waals surface area contributed by atoms with Crippen LogP contribution < -0.4 is 5.73 Å². The Hall–Kier alpha value is -0.860. The van der Waals surface area contributed by atoms with E-state index in [1.54, 1.807) is 0 Å². The number of nitrogens with two attached hydrogens (primary N) is 1. The maximum atomic E-state index is 5.63. The second kappa shape index (κ2) is 5.46. The molecule has 0 saturated carbocycles.